The highest BCUT2D eigenvalue weighted by Crippen LogP contribution is 2.25. The van der Waals surface area contributed by atoms with E-state index in [0.717, 1.165) is 16.0 Å². The van der Waals surface area contributed by atoms with E-state index < -0.39 is 11.2 Å². The smallest absolute Gasteiger partial charge is 0.266 e. The van der Waals surface area contributed by atoms with E-state index in [4.69, 9.17) is 0 Å². The van der Waals surface area contributed by atoms with E-state index in [-0.39, 0.29) is 11.6 Å². The summed E-state index contributed by atoms with van der Waals surface area (Å²) >= 11 is -0.535. The minimum absolute atomic E-state index is 0.273. The summed E-state index contributed by atoms with van der Waals surface area (Å²) in [5, 5.41) is 0. The molecule has 0 fully saturated rings. The molecule has 2 heterocycles. The molecule has 0 aromatic carbocycles. The fourth-order valence-corrected chi connectivity index (χ4v) is 2.49. The number of anilines is 1. The summed E-state index contributed by atoms with van der Waals surface area (Å²) in [4.78, 5) is 11.4. The third-order valence-electron chi connectivity index (χ3n) is 1.73. The second-order valence-electron chi connectivity index (χ2n) is 2.47. The summed E-state index contributed by atoms with van der Waals surface area (Å²) in [6.45, 7) is 0. The molecule has 0 spiro atoms. The maximum absolute atomic E-state index is 11.5. The van der Waals surface area contributed by atoms with Crippen molar-refractivity contribution in [2.75, 3.05) is 18.4 Å². The Morgan fingerprint density at radius 3 is 2.69 bits per heavy atom. The molecule has 6 nitrogen and oxygen atoms in total. The van der Waals surface area contributed by atoms with Gasteiger partial charge in [0, 0.05) is 14.1 Å². The summed E-state index contributed by atoms with van der Waals surface area (Å²) in [6, 6.07) is 0. The maximum atomic E-state index is 11.5. The van der Waals surface area contributed by atoms with E-state index in [1.807, 2.05) is 0 Å². The Kier molecular flexibility index (Phi) is 1.81. The number of fused-ring (bicyclic) bond motifs is 1. The van der Waals surface area contributed by atoms with Crippen molar-refractivity contribution in [3.8, 4) is 0 Å². The summed E-state index contributed by atoms with van der Waals surface area (Å²) in [7, 11) is 3.08. The molecular weight excluding hydrogens is 212 g/mol. The fourth-order valence-electron chi connectivity index (χ4n) is 1.00. The van der Waals surface area contributed by atoms with Crippen molar-refractivity contribution in [2.45, 2.75) is 0 Å². The normalized spacial score (nSPS) is 22.0. The average Bonchev–Trinajstić information content (AvgIpc) is 2.59. The number of aromatic nitrogens is 2. The van der Waals surface area contributed by atoms with Crippen molar-refractivity contribution >= 4 is 34.6 Å². The van der Waals surface area contributed by atoms with Crippen LogP contribution in [0.15, 0.2) is 0 Å². The van der Waals surface area contributed by atoms with Gasteiger partial charge in [0.05, 0.1) is 11.7 Å². The lowest BCUT2D eigenvalue weighted by Gasteiger charge is -2.26. The zero-order chi connectivity index (χ0) is 9.59. The van der Waals surface area contributed by atoms with Gasteiger partial charge >= 0.3 is 0 Å². The molecule has 8 heteroatoms. The van der Waals surface area contributed by atoms with Crippen LogP contribution in [-0.2, 0) is 11.2 Å². The van der Waals surface area contributed by atoms with Crippen LogP contribution >= 0.6 is 11.7 Å². The van der Waals surface area contributed by atoms with E-state index in [9.17, 15) is 9.00 Å². The number of carbonyl (C=O) groups excluding carboxylic acids is 1. The van der Waals surface area contributed by atoms with Crippen LogP contribution in [0.2, 0.25) is 0 Å². The Balaban J connectivity index is 2.59. The number of amides is 1. The maximum Gasteiger partial charge on any atom is 0.290 e. The number of rotatable bonds is 0. The summed E-state index contributed by atoms with van der Waals surface area (Å²) in [6.07, 6.45) is 0. The van der Waals surface area contributed by atoms with Gasteiger partial charge in [-0.25, -0.2) is 8.51 Å². The lowest BCUT2D eigenvalue weighted by Crippen LogP contribution is -2.43. The summed E-state index contributed by atoms with van der Waals surface area (Å²) < 4.78 is 21.7. The Hall–Kier alpha value is -1.02. The molecule has 1 aliphatic heterocycles. The molecule has 1 aliphatic rings. The molecule has 1 unspecified atom stereocenters. The number of carbonyl (C=O) groups is 1. The van der Waals surface area contributed by atoms with E-state index in [1.165, 1.54) is 11.4 Å². The highest BCUT2D eigenvalue weighted by atomic mass is 32.2. The fraction of sp³-hybridized carbons (Fsp3) is 0.400. The Morgan fingerprint density at radius 2 is 2.00 bits per heavy atom. The second-order valence-corrected chi connectivity index (χ2v) is 4.55. The Labute approximate surface area is 81.2 Å². The van der Waals surface area contributed by atoms with Gasteiger partial charge in [-0.1, -0.05) is 0 Å². The molecule has 13 heavy (non-hydrogen) atoms. The number of hydrogen-bond donors (Lipinski definition) is 0. The Bertz CT molecular complexity index is 390. The second kappa shape index (κ2) is 2.74. The van der Waals surface area contributed by atoms with Crippen LogP contribution in [0.25, 0.3) is 0 Å². The van der Waals surface area contributed by atoms with Crippen molar-refractivity contribution in [1.82, 2.24) is 13.1 Å². The number of nitrogens with zero attached hydrogens (tertiary/aromatic N) is 4. The molecule has 70 valence electrons. The quantitative estimate of drug-likeness (QED) is 0.596. The highest BCUT2D eigenvalue weighted by molar-refractivity contribution is 7.84. The molecule has 0 radical (unpaired) electrons. The zero-order valence-corrected chi connectivity index (χ0v) is 8.55. The SMILES string of the molecule is CN1C(=O)c2nsnc2N(C)S1=O. The largest absolute Gasteiger partial charge is 0.290 e. The van der Waals surface area contributed by atoms with Gasteiger partial charge in [-0.15, -0.1) is 0 Å². The zero-order valence-electron chi connectivity index (χ0n) is 6.92. The van der Waals surface area contributed by atoms with Gasteiger partial charge in [-0.05, 0) is 0 Å². The predicted molar refractivity (Wildman–Crippen MR) is 48.5 cm³/mol. The number of hydrogen-bond acceptors (Lipinski definition) is 5. The van der Waals surface area contributed by atoms with E-state index in [0.29, 0.717) is 5.82 Å². The van der Waals surface area contributed by atoms with Gasteiger partial charge in [-0.2, -0.15) is 8.75 Å². The van der Waals surface area contributed by atoms with E-state index >= 15 is 0 Å². The van der Waals surface area contributed by atoms with Gasteiger partial charge in [0.25, 0.3) is 5.91 Å². The first-order chi connectivity index (χ1) is 6.13. The molecule has 1 aromatic heterocycles. The average molecular weight is 218 g/mol. The molecule has 1 atom stereocenters. The van der Waals surface area contributed by atoms with Crippen molar-refractivity contribution in [1.29, 1.82) is 0 Å². The molecule has 0 saturated heterocycles. The van der Waals surface area contributed by atoms with E-state index in [1.54, 1.807) is 7.05 Å². The third kappa shape index (κ3) is 1.05. The standard InChI is InChI=1S/C5H6N4O2S2/c1-8-4-3(6-12-7-4)5(10)9(2)13(8)11/h1-2H3. The third-order valence-corrected chi connectivity index (χ3v) is 3.52. The molecule has 0 N–H and O–H groups in total. The predicted octanol–water partition coefficient (Wildman–Crippen LogP) is -0.361. The molecule has 2 rings (SSSR count). The monoisotopic (exact) mass is 218 g/mol. The molecule has 1 aromatic rings. The van der Waals surface area contributed by atoms with Gasteiger partial charge in [0.2, 0.25) is 11.2 Å². The van der Waals surface area contributed by atoms with Crippen molar-refractivity contribution in [3.63, 3.8) is 0 Å². The van der Waals surface area contributed by atoms with Gasteiger partial charge in [-0.3, -0.25) is 9.10 Å². The van der Waals surface area contributed by atoms with Crippen molar-refractivity contribution < 1.29 is 9.00 Å². The highest BCUT2D eigenvalue weighted by Gasteiger charge is 2.34. The van der Waals surface area contributed by atoms with Gasteiger partial charge in [0.15, 0.2) is 11.5 Å². The van der Waals surface area contributed by atoms with Crippen LogP contribution in [0.4, 0.5) is 5.82 Å². The lowest BCUT2D eigenvalue weighted by atomic mass is 10.4. The minimum Gasteiger partial charge on any atom is -0.266 e. The first kappa shape index (κ1) is 8.57. The summed E-state index contributed by atoms with van der Waals surface area (Å²) in [5.41, 5.74) is 0.273. The topological polar surface area (TPSA) is 66.4 Å². The van der Waals surface area contributed by atoms with Crippen LogP contribution in [0, 0.1) is 0 Å². The minimum atomic E-state index is -1.48. The van der Waals surface area contributed by atoms with E-state index in [2.05, 4.69) is 8.75 Å². The molecule has 0 aliphatic carbocycles. The molecule has 1 amide bonds. The molecular formula is C5H6N4O2S2. The summed E-state index contributed by atoms with van der Waals surface area (Å²) in [5.74, 6) is 0.0478. The molecule has 0 saturated carbocycles. The first-order valence-corrected chi connectivity index (χ1v) is 5.18. The van der Waals surface area contributed by atoms with Crippen molar-refractivity contribution in [2.24, 2.45) is 0 Å². The van der Waals surface area contributed by atoms with Gasteiger partial charge in [0.1, 0.15) is 0 Å². The van der Waals surface area contributed by atoms with Gasteiger partial charge < -0.3 is 0 Å². The van der Waals surface area contributed by atoms with Crippen LogP contribution in [0.1, 0.15) is 10.5 Å². The van der Waals surface area contributed by atoms with Crippen molar-refractivity contribution in [3.05, 3.63) is 5.69 Å². The first-order valence-electron chi connectivity index (χ1n) is 3.39. The molecule has 0 bridgehead atoms. The van der Waals surface area contributed by atoms with Crippen LogP contribution in [0.5, 0.6) is 0 Å². The van der Waals surface area contributed by atoms with Crippen LogP contribution in [-0.4, -0.2) is 37.3 Å². The lowest BCUT2D eigenvalue weighted by molar-refractivity contribution is 0.0880. The Morgan fingerprint density at radius 1 is 1.31 bits per heavy atom. The van der Waals surface area contributed by atoms with Crippen LogP contribution < -0.4 is 4.31 Å². The van der Waals surface area contributed by atoms with Crippen LogP contribution in [0.3, 0.4) is 0 Å².